The lowest BCUT2D eigenvalue weighted by Gasteiger charge is -2.08. The molecule has 2 aromatic rings. The third-order valence-corrected chi connectivity index (χ3v) is 3.10. The second-order valence-electron chi connectivity index (χ2n) is 4.50. The summed E-state index contributed by atoms with van der Waals surface area (Å²) < 4.78 is 4.37. The van der Waals surface area contributed by atoms with E-state index in [2.05, 4.69) is 24.4 Å². The molecule has 5 heteroatoms. The summed E-state index contributed by atoms with van der Waals surface area (Å²) in [6.45, 7) is 2.80. The van der Waals surface area contributed by atoms with Crippen molar-refractivity contribution in [1.29, 1.82) is 0 Å². The number of hydrogen-bond acceptors (Lipinski definition) is 3. The van der Waals surface area contributed by atoms with Crippen molar-refractivity contribution in [2.24, 2.45) is 0 Å². The summed E-state index contributed by atoms with van der Waals surface area (Å²) in [7, 11) is 0. The molecule has 2 heterocycles. The molecule has 0 amide bonds. The second kappa shape index (κ2) is 4.71. The van der Waals surface area contributed by atoms with E-state index in [4.69, 9.17) is 0 Å². The molecule has 2 aromatic heterocycles. The van der Waals surface area contributed by atoms with E-state index in [9.17, 15) is 0 Å². The van der Waals surface area contributed by atoms with Gasteiger partial charge in [-0.15, -0.1) is 0 Å². The van der Waals surface area contributed by atoms with Gasteiger partial charge in [0.15, 0.2) is 0 Å². The Bertz CT molecular complexity index is 455. The lowest BCUT2D eigenvalue weighted by atomic mass is 10.4. The number of hydrogen-bond donors (Lipinski definition) is 1. The fourth-order valence-corrected chi connectivity index (χ4v) is 1.99. The van der Waals surface area contributed by atoms with Crippen LogP contribution in [0.15, 0.2) is 31.2 Å². The summed E-state index contributed by atoms with van der Waals surface area (Å²) in [6.07, 6.45) is 12.2. The van der Waals surface area contributed by atoms with Gasteiger partial charge in [0.05, 0.1) is 18.3 Å². The monoisotopic (exact) mass is 231 g/mol. The molecule has 1 fully saturated rings. The molecule has 1 N–H and O–H groups in total. The van der Waals surface area contributed by atoms with E-state index < -0.39 is 0 Å². The van der Waals surface area contributed by atoms with E-state index in [-0.39, 0.29) is 0 Å². The predicted octanol–water partition coefficient (Wildman–Crippen LogP) is 1.20. The standard InChI is InChI=1S/C12H17N5/c1-2-11(1)17-10-15-8-12(17)7-13-3-5-16-6-4-14-9-16/h4,6,8-11,13H,1-3,5,7H2. The van der Waals surface area contributed by atoms with Crippen molar-refractivity contribution < 1.29 is 0 Å². The van der Waals surface area contributed by atoms with Crippen molar-refractivity contribution in [3.05, 3.63) is 36.9 Å². The Hall–Kier alpha value is -1.62. The molecule has 1 aliphatic rings. The molecule has 1 saturated carbocycles. The number of aromatic nitrogens is 4. The van der Waals surface area contributed by atoms with Gasteiger partial charge >= 0.3 is 0 Å². The Kier molecular flexibility index (Phi) is 2.92. The maximum Gasteiger partial charge on any atom is 0.0951 e. The van der Waals surface area contributed by atoms with Gasteiger partial charge in [0.1, 0.15) is 0 Å². The van der Waals surface area contributed by atoms with Crippen LogP contribution < -0.4 is 5.32 Å². The van der Waals surface area contributed by atoms with Gasteiger partial charge < -0.3 is 14.5 Å². The zero-order valence-corrected chi connectivity index (χ0v) is 9.79. The fourth-order valence-electron chi connectivity index (χ4n) is 1.99. The molecule has 0 aliphatic heterocycles. The van der Waals surface area contributed by atoms with Crippen LogP contribution in [0.1, 0.15) is 24.6 Å². The maximum absolute atomic E-state index is 4.22. The van der Waals surface area contributed by atoms with Gasteiger partial charge in [-0.3, -0.25) is 0 Å². The van der Waals surface area contributed by atoms with Gasteiger partial charge in [0.25, 0.3) is 0 Å². The van der Waals surface area contributed by atoms with Crippen LogP contribution in [0.5, 0.6) is 0 Å². The van der Waals surface area contributed by atoms with Crippen molar-refractivity contribution in [3.63, 3.8) is 0 Å². The van der Waals surface area contributed by atoms with Crippen LogP contribution in [0.4, 0.5) is 0 Å². The third-order valence-electron chi connectivity index (χ3n) is 3.10. The smallest absolute Gasteiger partial charge is 0.0951 e. The largest absolute Gasteiger partial charge is 0.336 e. The van der Waals surface area contributed by atoms with Crippen LogP contribution in [0.2, 0.25) is 0 Å². The first-order valence-corrected chi connectivity index (χ1v) is 6.10. The number of rotatable bonds is 6. The number of nitrogens with zero attached hydrogens (tertiary/aromatic N) is 4. The highest BCUT2D eigenvalue weighted by atomic mass is 15.1. The van der Waals surface area contributed by atoms with Gasteiger partial charge in [-0.1, -0.05) is 0 Å². The molecule has 0 saturated heterocycles. The van der Waals surface area contributed by atoms with Gasteiger partial charge in [-0.05, 0) is 12.8 Å². The third kappa shape index (κ3) is 2.55. The minimum atomic E-state index is 0.711. The van der Waals surface area contributed by atoms with E-state index in [1.54, 1.807) is 0 Å². The molecular weight excluding hydrogens is 214 g/mol. The average Bonchev–Trinajstić information content (AvgIpc) is 2.89. The average molecular weight is 231 g/mol. The molecule has 3 rings (SSSR count). The normalized spacial score (nSPS) is 15.3. The molecule has 90 valence electrons. The van der Waals surface area contributed by atoms with Crippen LogP contribution in [0, 0.1) is 0 Å². The molecule has 17 heavy (non-hydrogen) atoms. The molecule has 0 spiro atoms. The minimum Gasteiger partial charge on any atom is -0.336 e. The van der Waals surface area contributed by atoms with E-state index in [1.165, 1.54) is 18.5 Å². The molecule has 5 nitrogen and oxygen atoms in total. The van der Waals surface area contributed by atoms with Crippen molar-refractivity contribution in [2.75, 3.05) is 6.54 Å². The summed E-state index contributed by atoms with van der Waals surface area (Å²) in [5.74, 6) is 0. The van der Waals surface area contributed by atoms with Crippen molar-refractivity contribution in [1.82, 2.24) is 24.4 Å². The maximum atomic E-state index is 4.22. The van der Waals surface area contributed by atoms with E-state index in [0.717, 1.165) is 19.6 Å². The second-order valence-corrected chi connectivity index (χ2v) is 4.50. The SMILES string of the molecule is c1cn(CCNCc2cncn2C2CC2)cn1. The van der Waals surface area contributed by atoms with Crippen molar-refractivity contribution in [2.45, 2.75) is 32.0 Å². The first-order valence-electron chi connectivity index (χ1n) is 6.10. The summed E-state index contributed by atoms with van der Waals surface area (Å²) in [5.41, 5.74) is 1.29. The zero-order valence-electron chi connectivity index (χ0n) is 9.79. The highest BCUT2D eigenvalue weighted by molar-refractivity contribution is 5.03. The van der Waals surface area contributed by atoms with E-state index >= 15 is 0 Å². The van der Waals surface area contributed by atoms with Crippen LogP contribution in [-0.4, -0.2) is 25.6 Å². The topological polar surface area (TPSA) is 47.7 Å². The van der Waals surface area contributed by atoms with Crippen LogP contribution in [0.25, 0.3) is 0 Å². The lowest BCUT2D eigenvalue weighted by Crippen LogP contribution is -2.20. The van der Waals surface area contributed by atoms with Crippen molar-refractivity contribution >= 4 is 0 Å². The lowest BCUT2D eigenvalue weighted by molar-refractivity contribution is 0.572. The van der Waals surface area contributed by atoms with Gasteiger partial charge in [-0.25, -0.2) is 9.97 Å². The fraction of sp³-hybridized carbons (Fsp3) is 0.500. The van der Waals surface area contributed by atoms with Gasteiger partial charge in [0.2, 0.25) is 0 Å². The minimum absolute atomic E-state index is 0.711. The predicted molar refractivity (Wildman–Crippen MR) is 64.4 cm³/mol. The zero-order chi connectivity index (χ0) is 11.5. The summed E-state index contributed by atoms with van der Waals surface area (Å²) in [5, 5.41) is 3.44. The quantitative estimate of drug-likeness (QED) is 0.760. The van der Waals surface area contributed by atoms with Crippen LogP contribution in [-0.2, 0) is 13.1 Å². The Morgan fingerprint density at radius 3 is 3.00 bits per heavy atom. The first-order chi connectivity index (χ1) is 8.43. The summed E-state index contributed by atoms with van der Waals surface area (Å²) in [4.78, 5) is 8.24. The van der Waals surface area contributed by atoms with E-state index in [0.29, 0.717) is 6.04 Å². The molecule has 0 bridgehead atoms. The highest BCUT2D eigenvalue weighted by Crippen LogP contribution is 2.35. The Balaban J connectivity index is 1.46. The molecule has 1 aliphatic carbocycles. The first kappa shape index (κ1) is 10.5. The number of imidazole rings is 2. The number of nitrogens with one attached hydrogen (secondary N) is 1. The molecule has 0 atom stereocenters. The Morgan fingerprint density at radius 1 is 1.29 bits per heavy atom. The molecule has 0 aromatic carbocycles. The molecule has 0 radical (unpaired) electrons. The van der Waals surface area contributed by atoms with Crippen molar-refractivity contribution in [3.8, 4) is 0 Å². The summed E-state index contributed by atoms with van der Waals surface area (Å²) in [6, 6.07) is 0.711. The molecular formula is C12H17N5. The Labute approximate surface area is 100 Å². The highest BCUT2D eigenvalue weighted by Gasteiger charge is 2.24. The van der Waals surface area contributed by atoms with E-state index in [1.807, 2.05) is 31.2 Å². The van der Waals surface area contributed by atoms with Crippen LogP contribution >= 0.6 is 0 Å². The van der Waals surface area contributed by atoms with Gasteiger partial charge in [-0.2, -0.15) is 0 Å². The Morgan fingerprint density at radius 2 is 2.24 bits per heavy atom. The van der Waals surface area contributed by atoms with Gasteiger partial charge in [0, 0.05) is 44.3 Å². The van der Waals surface area contributed by atoms with Crippen LogP contribution in [0.3, 0.4) is 0 Å². The summed E-state index contributed by atoms with van der Waals surface area (Å²) >= 11 is 0. The molecule has 0 unspecified atom stereocenters.